The number of pyridine rings is 1. The van der Waals surface area contributed by atoms with Crippen molar-refractivity contribution in [2.75, 3.05) is 0 Å². The predicted octanol–water partition coefficient (Wildman–Crippen LogP) is 2.77. The highest BCUT2D eigenvalue weighted by molar-refractivity contribution is 7.22. The predicted molar refractivity (Wildman–Crippen MR) is 82.9 cm³/mol. The van der Waals surface area contributed by atoms with Crippen LogP contribution in [-0.2, 0) is 12.0 Å². The quantitative estimate of drug-likeness (QED) is 0.639. The smallest absolute Gasteiger partial charge is 0.266 e. The molecule has 0 fully saturated rings. The summed E-state index contributed by atoms with van der Waals surface area (Å²) >= 11 is 1.22. The van der Waals surface area contributed by atoms with Crippen LogP contribution in [0.4, 0.5) is 8.78 Å². The summed E-state index contributed by atoms with van der Waals surface area (Å²) in [6.45, 7) is 1.31. The van der Waals surface area contributed by atoms with Gasteiger partial charge in [0.25, 0.3) is 11.5 Å². The Balaban J connectivity index is 2.03. The fraction of sp³-hybridized carbons (Fsp3) is 0.333. The molecule has 1 atom stereocenters. The molecule has 0 saturated carbocycles. The highest BCUT2D eigenvalue weighted by atomic mass is 32.1. The van der Waals surface area contributed by atoms with Gasteiger partial charge in [-0.1, -0.05) is 0 Å². The van der Waals surface area contributed by atoms with E-state index in [0.29, 0.717) is 15.6 Å². The van der Waals surface area contributed by atoms with Gasteiger partial charge in [0.1, 0.15) is 10.3 Å². The van der Waals surface area contributed by atoms with Crippen molar-refractivity contribution in [2.45, 2.75) is 31.3 Å². The summed E-state index contributed by atoms with van der Waals surface area (Å²) in [5.74, 6) is -3.01. The van der Waals surface area contributed by atoms with Crippen LogP contribution in [0.2, 0.25) is 0 Å². The molecule has 0 spiro atoms. The van der Waals surface area contributed by atoms with E-state index in [0.717, 1.165) is 10.4 Å². The number of H-pyrrole nitrogens is 2. The van der Waals surface area contributed by atoms with Crippen LogP contribution in [0.25, 0.3) is 20.5 Å². The van der Waals surface area contributed by atoms with Gasteiger partial charge in [-0.2, -0.15) is 5.10 Å². The molecule has 0 aromatic carbocycles. The zero-order chi connectivity index (χ0) is 16.4. The second kappa shape index (κ2) is 4.48. The van der Waals surface area contributed by atoms with Crippen LogP contribution in [0.1, 0.15) is 24.6 Å². The number of alkyl halides is 2. The molecule has 0 saturated heterocycles. The molecule has 0 aliphatic heterocycles. The molecule has 8 heteroatoms. The van der Waals surface area contributed by atoms with Crippen molar-refractivity contribution in [1.82, 2.24) is 15.2 Å². The van der Waals surface area contributed by atoms with Gasteiger partial charge in [-0.3, -0.25) is 9.89 Å². The second-order valence-electron chi connectivity index (χ2n) is 6.13. The Bertz CT molecular complexity index is 957. The zero-order valence-corrected chi connectivity index (χ0v) is 12.9. The van der Waals surface area contributed by atoms with Crippen LogP contribution in [0.15, 0.2) is 23.3 Å². The summed E-state index contributed by atoms with van der Waals surface area (Å²) in [5, 5.41) is 17.4. The molecule has 1 unspecified atom stereocenters. The molecule has 4 rings (SSSR count). The van der Waals surface area contributed by atoms with Gasteiger partial charge in [0.2, 0.25) is 0 Å². The van der Waals surface area contributed by atoms with Gasteiger partial charge in [0.15, 0.2) is 0 Å². The van der Waals surface area contributed by atoms with Gasteiger partial charge < -0.3 is 10.1 Å². The van der Waals surface area contributed by atoms with Crippen molar-refractivity contribution in [3.05, 3.63) is 40.1 Å². The third-order valence-electron chi connectivity index (χ3n) is 4.16. The summed E-state index contributed by atoms with van der Waals surface area (Å²) < 4.78 is 28.4. The number of aromatic amines is 2. The molecule has 5 nitrogen and oxygen atoms in total. The normalized spacial score (nSPS) is 23.1. The van der Waals surface area contributed by atoms with Crippen LogP contribution in [0, 0.1) is 0 Å². The number of nitrogens with zero attached hydrogens (tertiary/aromatic N) is 1. The Morgan fingerprint density at radius 1 is 1.43 bits per heavy atom. The first-order valence-electron chi connectivity index (χ1n) is 7.05. The molecule has 1 aliphatic rings. The first kappa shape index (κ1) is 14.5. The lowest BCUT2D eigenvalue weighted by molar-refractivity contribution is -0.0974. The van der Waals surface area contributed by atoms with Gasteiger partial charge in [0, 0.05) is 34.9 Å². The largest absolute Gasteiger partial charge is 0.384 e. The highest BCUT2D eigenvalue weighted by Gasteiger charge is 2.47. The van der Waals surface area contributed by atoms with E-state index < -0.39 is 24.4 Å². The molecule has 3 N–H and O–H groups in total. The molecular weight excluding hydrogens is 324 g/mol. The van der Waals surface area contributed by atoms with Gasteiger partial charge in [-0.05, 0) is 18.6 Å². The Labute approximate surface area is 133 Å². The topological polar surface area (TPSA) is 81.8 Å². The van der Waals surface area contributed by atoms with Crippen molar-refractivity contribution in [2.24, 2.45) is 0 Å². The molecule has 0 radical (unpaired) electrons. The monoisotopic (exact) mass is 337 g/mol. The molecule has 3 aromatic rings. The molecule has 3 aromatic heterocycles. The Morgan fingerprint density at radius 2 is 2.22 bits per heavy atom. The van der Waals surface area contributed by atoms with Crippen molar-refractivity contribution >= 4 is 21.4 Å². The van der Waals surface area contributed by atoms with E-state index in [1.54, 1.807) is 18.5 Å². The van der Waals surface area contributed by atoms with Crippen LogP contribution in [0.3, 0.4) is 0 Å². The van der Waals surface area contributed by atoms with Crippen molar-refractivity contribution in [3.8, 4) is 10.4 Å². The lowest BCUT2D eigenvalue weighted by Crippen LogP contribution is -2.41. The van der Waals surface area contributed by atoms with Gasteiger partial charge in [-0.15, -0.1) is 11.3 Å². The number of thiophene rings is 1. The number of rotatable bonds is 1. The van der Waals surface area contributed by atoms with Crippen LogP contribution < -0.4 is 5.56 Å². The summed E-state index contributed by atoms with van der Waals surface area (Å²) in [5.41, 5.74) is -0.843. The number of nitrogens with one attached hydrogen (secondary N) is 2. The van der Waals surface area contributed by atoms with Crippen molar-refractivity contribution < 1.29 is 13.9 Å². The minimum Gasteiger partial charge on any atom is -0.384 e. The maximum atomic E-state index is 14.0. The van der Waals surface area contributed by atoms with Gasteiger partial charge in [-0.25, -0.2) is 8.78 Å². The number of aromatic nitrogens is 3. The van der Waals surface area contributed by atoms with Crippen molar-refractivity contribution in [1.29, 1.82) is 0 Å². The maximum Gasteiger partial charge on any atom is 0.266 e. The minimum atomic E-state index is -3.01. The van der Waals surface area contributed by atoms with E-state index >= 15 is 0 Å². The second-order valence-corrected chi connectivity index (χ2v) is 7.18. The first-order chi connectivity index (χ1) is 10.8. The fourth-order valence-corrected chi connectivity index (χ4v) is 4.31. The standard InChI is InChI=1S/C15H13F2N3O2S/c1-14(22)6-15(16,17)3-9-8-2-10(7-4-18-19-5-7)23-11(8)13(21)20-12(9)14/h2,4-5,22H,3,6H2,1H3,(H,18,19)(H,20,21). The minimum absolute atomic E-state index is 0.192. The molecule has 3 heterocycles. The number of hydrogen-bond acceptors (Lipinski definition) is 4. The maximum absolute atomic E-state index is 14.0. The summed E-state index contributed by atoms with van der Waals surface area (Å²) in [6, 6.07) is 1.72. The molecule has 23 heavy (non-hydrogen) atoms. The Kier molecular flexibility index (Phi) is 2.83. The lowest BCUT2D eigenvalue weighted by Gasteiger charge is -2.35. The summed E-state index contributed by atoms with van der Waals surface area (Å²) in [4.78, 5) is 15.7. The van der Waals surface area contributed by atoms with Crippen LogP contribution in [-0.4, -0.2) is 26.2 Å². The SMILES string of the molecule is CC1(O)CC(F)(F)Cc2c1[nH]c(=O)c1sc(-c3cn[nH]c3)cc21. The summed E-state index contributed by atoms with van der Waals surface area (Å²) in [6.07, 6.45) is 2.09. The molecular formula is C15H13F2N3O2S. The number of halogens is 2. The molecule has 0 amide bonds. The Hall–Kier alpha value is -2.06. The first-order valence-corrected chi connectivity index (χ1v) is 7.87. The highest BCUT2D eigenvalue weighted by Crippen LogP contribution is 2.45. The lowest BCUT2D eigenvalue weighted by atomic mass is 9.80. The third-order valence-corrected chi connectivity index (χ3v) is 5.35. The van der Waals surface area contributed by atoms with Gasteiger partial charge >= 0.3 is 0 Å². The van der Waals surface area contributed by atoms with E-state index in [4.69, 9.17) is 0 Å². The number of aliphatic hydroxyl groups is 1. The van der Waals surface area contributed by atoms with E-state index in [1.807, 2.05) is 0 Å². The van der Waals surface area contributed by atoms with E-state index in [9.17, 15) is 18.7 Å². The van der Waals surface area contributed by atoms with Crippen LogP contribution in [0.5, 0.6) is 0 Å². The summed E-state index contributed by atoms with van der Waals surface area (Å²) in [7, 11) is 0. The average molecular weight is 337 g/mol. The average Bonchev–Trinajstić information content (AvgIpc) is 3.06. The van der Waals surface area contributed by atoms with Crippen molar-refractivity contribution in [3.63, 3.8) is 0 Å². The Morgan fingerprint density at radius 3 is 2.91 bits per heavy atom. The molecule has 1 aliphatic carbocycles. The fourth-order valence-electron chi connectivity index (χ4n) is 3.25. The zero-order valence-electron chi connectivity index (χ0n) is 12.1. The van der Waals surface area contributed by atoms with Crippen LogP contribution >= 0.6 is 11.3 Å². The van der Waals surface area contributed by atoms with E-state index in [1.165, 1.54) is 18.3 Å². The number of hydrogen-bond donors (Lipinski definition) is 3. The van der Waals surface area contributed by atoms with E-state index in [2.05, 4.69) is 15.2 Å². The third kappa shape index (κ3) is 2.21. The van der Waals surface area contributed by atoms with Gasteiger partial charge in [0.05, 0.1) is 11.9 Å². The van der Waals surface area contributed by atoms with E-state index in [-0.39, 0.29) is 11.3 Å². The number of fused-ring (bicyclic) bond motifs is 3. The molecule has 0 bridgehead atoms. The molecule has 120 valence electrons.